The Morgan fingerprint density at radius 3 is 2.35 bits per heavy atom. The molecule has 12 heteroatoms. The first-order chi connectivity index (χ1) is 19.0. The molecule has 3 heterocycles. The van der Waals surface area contributed by atoms with Crippen molar-refractivity contribution in [3.8, 4) is 16.9 Å². The van der Waals surface area contributed by atoms with Crippen molar-refractivity contribution >= 4 is 17.5 Å². The molecular formula is C28H26F6N4O2. The van der Waals surface area contributed by atoms with Crippen LogP contribution in [0.25, 0.3) is 11.1 Å². The van der Waals surface area contributed by atoms with Gasteiger partial charge in [0.25, 0.3) is 5.92 Å². The van der Waals surface area contributed by atoms with Crippen molar-refractivity contribution in [1.29, 1.82) is 0 Å². The Morgan fingerprint density at radius 2 is 1.68 bits per heavy atom. The van der Waals surface area contributed by atoms with Crippen LogP contribution in [-0.2, 0) is 6.18 Å². The van der Waals surface area contributed by atoms with Crippen molar-refractivity contribution in [2.45, 2.75) is 37.5 Å². The smallest absolute Gasteiger partial charge is 0.419 e. The number of urea groups is 1. The summed E-state index contributed by atoms with van der Waals surface area (Å²) in [6.45, 7) is -0.231. The van der Waals surface area contributed by atoms with Crippen molar-refractivity contribution < 1.29 is 35.9 Å². The van der Waals surface area contributed by atoms with Crippen LogP contribution >= 0.6 is 0 Å². The van der Waals surface area contributed by atoms with Crippen LogP contribution in [-0.4, -0.2) is 54.1 Å². The van der Waals surface area contributed by atoms with Gasteiger partial charge in [-0.05, 0) is 24.3 Å². The van der Waals surface area contributed by atoms with Crippen LogP contribution in [0.15, 0.2) is 60.8 Å². The minimum absolute atomic E-state index is 0.00568. The molecule has 0 spiro atoms. The van der Waals surface area contributed by atoms with E-state index in [-0.39, 0.29) is 67.3 Å². The van der Waals surface area contributed by atoms with Gasteiger partial charge in [-0.25, -0.2) is 22.9 Å². The lowest BCUT2D eigenvalue weighted by Gasteiger charge is -2.33. The van der Waals surface area contributed by atoms with Gasteiger partial charge in [-0.15, -0.1) is 0 Å². The molecule has 2 aliphatic heterocycles. The number of alkyl halides is 5. The third-order valence-corrected chi connectivity index (χ3v) is 7.01. The lowest BCUT2D eigenvalue weighted by molar-refractivity contribution is -0.139. The second-order valence-electron chi connectivity index (χ2n) is 9.79. The largest absolute Gasteiger partial charge is 0.490 e. The fraction of sp³-hybridized carbons (Fsp3) is 0.357. The van der Waals surface area contributed by atoms with Gasteiger partial charge in [-0.3, -0.25) is 0 Å². The van der Waals surface area contributed by atoms with Crippen molar-refractivity contribution in [3.63, 3.8) is 0 Å². The molecule has 40 heavy (non-hydrogen) atoms. The van der Waals surface area contributed by atoms with Gasteiger partial charge in [0.1, 0.15) is 17.7 Å². The fourth-order valence-corrected chi connectivity index (χ4v) is 4.98. The molecule has 0 radical (unpaired) electrons. The normalized spacial score (nSPS) is 17.6. The number of carbonyl (C=O) groups is 1. The van der Waals surface area contributed by atoms with E-state index in [0.29, 0.717) is 0 Å². The highest BCUT2D eigenvalue weighted by Gasteiger charge is 2.40. The summed E-state index contributed by atoms with van der Waals surface area (Å²) in [5, 5.41) is 2.75. The highest BCUT2D eigenvalue weighted by molar-refractivity contribution is 5.99. The predicted molar refractivity (Wildman–Crippen MR) is 137 cm³/mol. The number of hydrogen-bond acceptors (Lipinski definition) is 4. The van der Waals surface area contributed by atoms with Gasteiger partial charge in [0, 0.05) is 56.2 Å². The van der Waals surface area contributed by atoms with Gasteiger partial charge in [-0.2, -0.15) is 13.2 Å². The molecule has 2 amide bonds. The number of piperidine rings is 1. The van der Waals surface area contributed by atoms with E-state index in [9.17, 15) is 31.1 Å². The highest BCUT2D eigenvalue weighted by Crippen LogP contribution is 2.40. The number of rotatable bonds is 5. The van der Waals surface area contributed by atoms with E-state index in [1.807, 2.05) is 0 Å². The average Bonchev–Trinajstić information content (AvgIpc) is 3.28. The number of amides is 2. The first-order valence-electron chi connectivity index (χ1n) is 12.8. The Hall–Kier alpha value is -3.96. The zero-order chi connectivity index (χ0) is 28.5. The maximum atomic E-state index is 14.7. The van der Waals surface area contributed by atoms with Gasteiger partial charge in [-0.1, -0.05) is 30.3 Å². The topological polar surface area (TPSA) is 57.7 Å². The van der Waals surface area contributed by atoms with E-state index in [1.54, 1.807) is 6.07 Å². The number of carbonyl (C=O) groups excluding carboxylic acids is 1. The first-order valence-corrected chi connectivity index (χ1v) is 12.8. The molecule has 2 fully saturated rings. The molecule has 1 N–H and O–H groups in total. The number of benzene rings is 2. The van der Waals surface area contributed by atoms with Gasteiger partial charge < -0.3 is 19.9 Å². The van der Waals surface area contributed by atoms with E-state index in [2.05, 4.69) is 10.3 Å². The zero-order valence-corrected chi connectivity index (χ0v) is 21.2. The Bertz CT molecular complexity index is 1370. The quantitative estimate of drug-likeness (QED) is 0.346. The number of halogens is 6. The SMILES string of the molecule is O=C(Nc1c(-c2ccccc2F)ccnc1N1CCC(F)(F)C1)N1CCC(Oc2ccccc2C(F)(F)F)CC1. The minimum Gasteiger partial charge on any atom is -0.490 e. The molecular weight excluding hydrogens is 538 g/mol. The molecule has 0 atom stereocenters. The number of hydrogen-bond donors (Lipinski definition) is 1. The molecule has 0 aliphatic carbocycles. The average molecular weight is 565 g/mol. The molecule has 0 unspecified atom stereocenters. The second-order valence-corrected chi connectivity index (χ2v) is 9.79. The zero-order valence-electron chi connectivity index (χ0n) is 21.2. The van der Waals surface area contributed by atoms with Crippen molar-refractivity contribution in [3.05, 3.63) is 72.2 Å². The van der Waals surface area contributed by atoms with Gasteiger partial charge in [0.05, 0.1) is 17.8 Å². The summed E-state index contributed by atoms with van der Waals surface area (Å²) in [6, 6.07) is 11.8. The standard InChI is InChI=1S/C28H26F6N4O2/c29-22-7-3-1-5-19(22)20-9-13-35-25(38-16-12-27(30,31)17-38)24(20)36-26(39)37-14-10-18(11-15-37)40-23-8-4-2-6-21(23)28(32,33)34/h1-9,13,18H,10-12,14-17H2,(H,36,39). The third kappa shape index (κ3) is 5.95. The van der Waals surface area contributed by atoms with E-state index in [0.717, 1.165) is 6.07 Å². The molecule has 2 aromatic carbocycles. The maximum absolute atomic E-state index is 14.7. The summed E-state index contributed by atoms with van der Waals surface area (Å²) in [7, 11) is 0. The molecule has 5 rings (SSSR count). The Kier molecular flexibility index (Phi) is 7.52. The fourth-order valence-electron chi connectivity index (χ4n) is 4.98. The summed E-state index contributed by atoms with van der Waals surface area (Å²) in [5.41, 5.74) is -0.309. The first kappa shape index (κ1) is 27.6. The van der Waals surface area contributed by atoms with Crippen molar-refractivity contribution in [1.82, 2.24) is 9.88 Å². The number of nitrogens with one attached hydrogen (secondary N) is 1. The van der Waals surface area contributed by atoms with E-state index >= 15 is 0 Å². The lowest BCUT2D eigenvalue weighted by atomic mass is 10.0. The number of likely N-dealkylation sites (tertiary alicyclic amines) is 1. The van der Waals surface area contributed by atoms with Crippen molar-refractivity contribution in [2.24, 2.45) is 0 Å². The van der Waals surface area contributed by atoms with Crippen LogP contribution in [0.5, 0.6) is 5.75 Å². The molecule has 6 nitrogen and oxygen atoms in total. The molecule has 0 bridgehead atoms. The van der Waals surface area contributed by atoms with Crippen LogP contribution in [0, 0.1) is 5.82 Å². The summed E-state index contributed by atoms with van der Waals surface area (Å²) in [6.07, 6.45) is -3.55. The molecule has 212 valence electrons. The van der Waals surface area contributed by atoms with E-state index in [4.69, 9.17) is 4.74 Å². The summed E-state index contributed by atoms with van der Waals surface area (Å²) in [5.74, 6) is -3.65. The number of aromatic nitrogens is 1. The monoisotopic (exact) mass is 564 g/mol. The van der Waals surface area contributed by atoms with Gasteiger partial charge >= 0.3 is 12.2 Å². The molecule has 1 aromatic heterocycles. The van der Waals surface area contributed by atoms with Crippen LogP contribution in [0.2, 0.25) is 0 Å². The number of pyridine rings is 1. The van der Waals surface area contributed by atoms with Gasteiger partial charge in [0.15, 0.2) is 5.82 Å². The van der Waals surface area contributed by atoms with E-state index in [1.165, 1.54) is 58.5 Å². The minimum atomic E-state index is -4.56. The predicted octanol–water partition coefficient (Wildman–Crippen LogP) is 6.83. The number of para-hydroxylation sites is 1. The van der Waals surface area contributed by atoms with Crippen LogP contribution in [0.1, 0.15) is 24.8 Å². The summed E-state index contributed by atoms with van der Waals surface area (Å²) >= 11 is 0. The summed E-state index contributed by atoms with van der Waals surface area (Å²) in [4.78, 5) is 20.4. The highest BCUT2D eigenvalue weighted by atomic mass is 19.4. The Morgan fingerprint density at radius 1 is 0.975 bits per heavy atom. The van der Waals surface area contributed by atoms with E-state index < -0.39 is 42.2 Å². The lowest BCUT2D eigenvalue weighted by Crippen LogP contribution is -2.44. The molecule has 3 aromatic rings. The Balaban J connectivity index is 1.34. The maximum Gasteiger partial charge on any atom is 0.419 e. The molecule has 2 saturated heterocycles. The van der Waals surface area contributed by atoms with Crippen LogP contribution < -0.4 is 15.0 Å². The van der Waals surface area contributed by atoms with Gasteiger partial charge in [0.2, 0.25) is 0 Å². The van der Waals surface area contributed by atoms with Crippen LogP contribution in [0.3, 0.4) is 0 Å². The summed E-state index contributed by atoms with van der Waals surface area (Å²) < 4.78 is 88.5. The third-order valence-electron chi connectivity index (χ3n) is 7.01. The molecule has 2 aliphatic rings. The molecule has 0 saturated carbocycles. The number of anilines is 2. The number of nitrogens with zero attached hydrogens (tertiary/aromatic N) is 3. The van der Waals surface area contributed by atoms with Crippen LogP contribution in [0.4, 0.5) is 42.6 Å². The Labute approximate surface area is 226 Å². The number of ether oxygens (including phenoxy) is 1. The van der Waals surface area contributed by atoms with Crippen molar-refractivity contribution in [2.75, 3.05) is 36.4 Å². The second kappa shape index (κ2) is 10.9.